The van der Waals surface area contributed by atoms with Crippen LogP contribution in [0.5, 0.6) is 0 Å². The minimum atomic E-state index is -4.08. The number of aryl methyl sites for hydroxylation is 1. The number of rotatable bonds is 6. The summed E-state index contributed by atoms with van der Waals surface area (Å²) in [5.41, 5.74) is 0.362. The molecule has 0 aliphatic rings. The summed E-state index contributed by atoms with van der Waals surface area (Å²) in [5.74, 6) is -1.74. The maximum absolute atomic E-state index is 12.2. The maximum Gasteiger partial charge on any atom is 0.349 e. The Labute approximate surface area is 125 Å². The van der Waals surface area contributed by atoms with Crippen LogP contribution in [-0.2, 0) is 24.3 Å². The molecule has 1 aromatic heterocycles. The van der Waals surface area contributed by atoms with Crippen molar-refractivity contribution in [1.82, 2.24) is 4.72 Å². The molecule has 0 aliphatic heterocycles. The van der Waals surface area contributed by atoms with E-state index in [0.29, 0.717) is 5.56 Å². The number of ether oxygens (including phenoxy) is 2. The number of methoxy groups -OCH3 is 2. The molecule has 0 aliphatic carbocycles. The first kappa shape index (κ1) is 17.6. The van der Waals surface area contributed by atoms with Gasteiger partial charge in [0.25, 0.3) is 0 Å². The van der Waals surface area contributed by atoms with Crippen LogP contribution in [0.4, 0.5) is 0 Å². The van der Waals surface area contributed by atoms with Crippen LogP contribution in [0.25, 0.3) is 0 Å². The van der Waals surface area contributed by atoms with E-state index in [1.165, 1.54) is 12.3 Å². The van der Waals surface area contributed by atoms with E-state index in [0.717, 1.165) is 25.6 Å². The predicted octanol–water partition coefficient (Wildman–Crippen LogP) is -0.345. The molecule has 0 saturated heterocycles. The third kappa shape index (κ3) is 4.00. The van der Waals surface area contributed by atoms with Gasteiger partial charge in [0.2, 0.25) is 10.0 Å². The monoisotopic (exact) mass is 337 g/mol. The molecule has 118 valence electrons. The fourth-order valence-electron chi connectivity index (χ4n) is 1.48. The van der Waals surface area contributed by atoms with E-state index in [9.17, 15) is 23.1 Å². The van der Waals surface area contributed by atoms with Crippen molar-refractivity contribution in [2.45, 2.75) is 17.9 Å². The first-order valence-electron chi connectivity index (χ1n) is 5.66. The van der Waals surface area contributed by atoms with E-state index in [2.05, 4.69) is 14.2 Å². The molecule has 0 aromatic carbocycles. The minimum absolute atomic E-state index is 0.0740. The van der Waals surface area contributed by atoms with Gasteiger partial charge in [-0.3, -0.25) is 0 Å². The Morgan fingerprint density at radius 1 is 1.38 bits per heavy atom. The molecule has 10 heteroatoms. The van der Waals surface area contributed by atoms with Crippen molar-refractivity contribution in [1.29, 1.82) is 0 Å². The number of hydrogen-bond donors (Lipinski definition) is 2. The molecule has 2 N–H and O–H groups in total. The largest absolute Gasteiger partial charge is 0.467 e. The standard InChI is InChI=1S/C11H15NO7S2/c1-6-5-20-8(11(15)19-3)9(6)21(16,17)12-4-7(13)10(14)18-2/h5,7,12-13H,4H2,1-3H3. The molecule has 21 heavy (non-hydrogen) atoms. The zero-order chi connectivity index (χ0) is 16.2. The lowest BCUT2D eigenvalue weighted by Gasteiger charge is -2.11. The van der Waals surface area contributed by atoms with Crippen molar-refractivity contribution in [3.8, 4) is 0 Å². The highest BCUT2D eigenvalue weighted by Gasteiger charge is 2.28. The molecular weight excluding hydrogens is 322 g/mol. The van der Waals surface area contributed by atoms with Crippen LogP contribution in [0.3, 0.4) is 0 Å². The van der Waals surface area contributed by atoms with E-state index in [-0.39, 0.29) is 9.77 Å². The molecule has 1 heterocycles. The van der Waals surface area contributed by atoms with E-state index >= 15 is 0 Å². The summed E-state index contributed by atoms with van der Waals surface area (Å²) in [6.45, 7) is 0.957. The van der Waals surface area contributed by atoms with Crippen LogP contribution in [0.2, 0.25) is 0 Å². The number of carbonyl (C=O) groups excluding carboxylic acids is 2. The summed E-state index contributed by atoms with van der Waals surface area (Å²) in [4.78, 5) is 22.3. The third-order valence-corrected chi connectivity index (χ3v) is 5.31. The number of carbonyl (C=O) groups is 2. The number of sulfonamides is 1. The van der Waals surface area contributed by atoms with Crippen molar-refractivity contribution < 1.29 is 32.6 Å². The Balaban J connectivity index is 3.01. The van der Waals surface area contributed by atoms with Crippen LogP contribution in [-0.4, -0.2) is 52.3 Å². The zero-order valence-electron chi connectivity index (χ0n) is 11.6. The molecule has 1 unspecified atom stereocenters. The highest BCUT2D eigenvalue weighted by molar-refractivity contribution is 7.89. The SMILES string of the molecule is COC(=O)c1scc(C)c1S(=O)(=O)NCC(O)C(=O)OC. The summed E-state index contributed by atoms with van der Waals surface area (Å²) in [6.07, 6.45) is -1.63. The summed E-state index contributed by atoms with van der Waals surface area (Å²) in [5, 5.41) is 10.9. The highest BCUT2D eigenvalue weighted by Crippen LogP contribution is 2.27. The van der Waals surface area contributed by atoms with Crippen LogP contribution < -0.4 is 4.72 Å². The van der Waals surface area contributed by atoms with Gasteiger partial charge in [0.15, 0.2) is 6.10 Å². The molecule has 1 aromatic rings. The van der Waals surface area contributed by atoms with Crippen LogP contribution in [0.1, 0.15) is 15.2 Å². The second-order valence-electron chi connectivity index (χ2n) is 3.96. The van der Waals surface area contributed by atoms with Crippen molar-refractivity contribution in [3.05, 3.63) is 15.8 Å². The van der Waals surface area contributed by atoms with Gasteiger partial charge in [0.05, 0.1) is 14.2 Å². The van der Waals surface area contributed by atoms with Crippen LogP contribution in [0, 0.1) is 6.92 Å². The molecule has 0 radical (unpaired) electrons. The number of thiophene rings is 1. The fourth-order valence-corrected chi connectivity index (χ4v) is 4.22. The lowest BCUT2D eigenvalue weighted by molar-refractivity contribution is -0.149. The second-order valence-corrected chi connectivity index (χ2v) is 6.54. The van der Waals surface area contributed by atoms with E-state index < -0.39 is 34.6 Å². The molecule has 0 saturated carbocycles. The Hall–Kier alpha value is -1.49. The van der Waals surface area contributed by atoms with Gasteiger partial charge in [-0.2, -0.15) is 0 Å². The zero-order valence-corrected chi connectivity index (χ0v) is 13.2. The molecule has 8 nitrogen and oxygen atoms in total. The Morgan fingerprint density at radius 2 is 2.00 bits per heavy atom. The van der Waals surface area contributed by atoms with Crippen molar-refractivity contribution in [3.63, 3.8) is 0 Å². The van der Waals surface area contributed by atoms with Crippen LogP contribution >= 0.6 is 11.3 Å². The topological polar surface area (TPSA) is 119 Å². The van der Waals surface area contributed by atoms with Gasteiger partial charge in [-0.1, -0.05) is 0 Å². The summed E-state index contributed by atoms with van der Waals surface area (Å²) < 4.78 is 35.2. The Kier molecular flexibility index (Phi) is 5.84. The molecule has 1 atom stereocenters. The summed E-state index contributed by atoms with van der Waals surface area (Å²) >= 11 is 0.933. The minimum Gasteiger partial charge on any atom is -0.467 e. The van der Waals surface area contributed by atoms with E-state index in [1.807, 2.05) is 0 Å². The predicted molar refractivity (Wildman–Crippen MR) is 73.6 cm³/mol. The van der Waals surface area contributed by atoms with Crippen LogP contribution in [0.15, 0.2) is 10.3 Å². The van der Waals surface area contributed by atoms with Gasteiger partial charge >= 0.3 is 11.9 Å². The van der Waals surface area contributed by atoms with Crippen molar-refractivity contribution in [2.75, 3.05) is 20.8 Å². The number of nitrogens with one attached hydrogen (secondary N) is 1. The average molecular weight is 337 g/mol. The molecule has 1 rings (SSSR count). The third-order valence-electron chi connectivity index (χ3n) is 2.50. The number of aliphatic hydroxyl groups is 1. The van der Waals surface area contributed by atoms with Gasteiger partial charge in [0.1, 0.15) is 9.77 Å². The molecule has 0 spiro atoms. The van der Waals surface area contributed by atoms with Gasteiger partial charge in [-0.15, -0.1) is 11.3 Å². The number of aliphatic hydroxyl groups excluding tert-OH is 1. The summed E-state index contributed by atoms with van der Waals surface area (Å²) in [6, 6.07) is 0. The maximum atomic E-state index is 12.2. The van der Waals surface area contributed by atoms with Gasteiger partial charge in [-0.25, -0.2) is 22.7 Å². The van der Waals surface area contributed by atoms with Gasteiger partial charge < -0.3 is 14.6 Å². The number of esters is 2. The van der Waals surface area contributed by atoms with Gasteiger partial charge in [0, 0.05) is 6.54 Å². The van der Waals surface area contributed by atoms with Crippen molar-refractivity contribution >= 4 is 33.3 Å². The quantitative estimate of drug-likeness (QED) is 0.681. The lowest BCUT2D eigenvalue weighted by Crippen LogP contribution is -2.37. The molecule has 0 bridgehead atoms. The van der Waals surface area contributed by atoms with Crippen molar-refractivity contribution in [2.24, 2.45) is 0 Å². The summed E-state index contributed by atoms with van der Waals surface area (Å²) in [7, 11) is -1.87. The molecular formula is C11H15NO7S2. The van der Waals surface area contributed by atoms with Gasteiger partial charge in [-0.05, 0) is 17.9 Å². The smallest absolute Gasteiger partial charge is 0.349 e. The second kappa shape index (κ2) is 6.98. The number of hydrogen-bond acceptors (Lipinski definition) is 8. The first-order chi connectivity index (χ1) is 9.74. The lowest BCUT2D eigenvalue weighted by atomic mass is 10.3. The Morgan fingerprint density at radius 3 is 2.52 bits per heavy atom. The normalized spacial score (nSPS) is 12.8. The average Bonchev–Trinajstić information content (AvgIpc) is 2.85. The van der Waals surface area contributed by atoms with E-state index in [4.69, 9.17) is 0 Å². The molecule has 0 fully saturated rings. The Bertz CT molecular complexity index is 635. The fraction of sp³-hybridized carbons (Fsp3) is 0.455. The highest BCUT2D eigenvalue weighted by atomic mass is 32.2. The molecule has 0 amide bonds. The first-order valence-corrected chi connectivity index (χ1v) is 8.02. The van der Waals surface area contributed by atoms with E-state index in [1.54, 1.807) is 0 Å².